The first-order valence-electron chi connectivity index (χ1n) is 6.09. The van der Waals surface area contributed by atoms with E-state index < -0.39 is 22.8 Å². The number of carbonyl (C=O) groups excluding carboxylic acids is 2. The van der Waals surface area contributed by atoms with Gasteiger partial charge in [-0.3, -0.25) is 9.59 Å². The Hall–Kier alpha value is -0.780. The van der Waals surface area contributed by atoms with Crippen LogP contribution in [0.25, 0.3) is 0 Å². The maximum absolute atomic E-state index is 11.7. The predicted octanol–water partition coefficient (Wildman–Crippen LogP) is 1.58. The Labute approximate surface area is 107 Å². The summed E-state index contributed by atoms with van der Waals surface area (Å²) in [4.78, 5) is 23.3. The molecule has 0 amide bonds. The minimum Gasteiger partial charge on any atom is -0.333 e. The molecule has 18 heavy (non-hydrogen) atoms. The van der Waals surface area contributed by atoms with E-state index in [-0.39, 0.29) is 11.6 Å². The van der Waals surface area contributed by atoms with Crippen LogP contribution in [0.4, 0.5) is 0 Å². The fraction of sp³-hybridized carbons (Fsp3) is 0.846. The van der Waals surface area contributed by atoms with Crippen LogP contribution in [0.15, 0.2) is 0 Å². The number of hydrogen-bond donors (Lipinski definition) is 0. The highest BCUT2D eigenvalue weighted by molar-refractivity contribution is 5.86. The second kappa shape index (κ2) is 3.40. The minimum atomic E-state index is -1.30. The Balaban J connectivity index is 2.37. The maximum Gasteiger partial charge on any atom is 0.229 e. The average molecular weight is 256 g/mol. The summed E-state index contributed by atoms with van der Waals surface area (Å²) in [5, 5.41) is 0. The van der Waals surface area contributed by atoms with Gasteiger partial charge in [0.2, 0.25) is 5.79 Å². The molecule has 0 spiro atoms. The number of hydrogen-bond acceptors (Lipinski definition) is 5. The number of ketones is 2. The maximum atomic E-state index is 11.7. The number of fused-ring (bicyclic) bond motifs is 1. The zero-order valence-electron chi connectivity index (χ0n) is 11.7. The number of ether oxygens (including phenoxy) is 3. The monoisotopic (exact) mass is 256 g/mol. The van der Waals surface area contributed by atoms with Crippen LogP contribution in [0.1, 0.15) is 48.0 Å². The van der Waals surface area contributed by atoms with E-state index in [2.05, 4.69) is 0 Å². The molecule has 2 saturated heterocycles. The molecule has 0 aromatic heterocycles. The first-order valence-corrected chi connectivity index (χ1v) is 6.09. The molecule has 0 N–H and O–H groups in total. The zero-order chi connectivity index (χ0) is 14.0. The fourth-order valence-corrected chi connectivity index (χ4v) is 2.80. The van der Waals surface area contributed by atoms with Gasteiger partial charge in [-0.05, 0) is 34.6 Å². The summed E-state index contributed by atoms with van der Waals surface area (Å²) in [6.07, 6.45) is 0.370. The van der Waals surface area contributed by atoms with Gasteiger partial charge in [0.05, 0.1) is 0 Å². The van der Waals surface area contributed by atoms with Crippen molar-refractivity contribution >= 4 is 11.6 Å². The van der Waals surface area contributed by atoms with Crippen LogP contribution in [-0.4, -0.2) is 34.3 Å². The summed E-state index contributed by atoms with van der Waals surface area (Å²) < 4.78 is 17.4. The Morgan fingerprint density at radius 2 is 1.44 bits per heavy atom. The second-order valence-electron chi connectivity index (χ2n) is 5.95. The van der Waals surface area contributed by atoms with Crippen molar-refractivity contribution in [2.24, 2.45) is 0 Å². The molecule has 0 aliphatic carbocycles. The van der Waals surface area contributed by atoms with Crippen molar-refractivity contribution in [3.05, 3.63) is 0 Å². The summed E-state index contributed by atoms with van der Waals surface area (Å²) in [6, 6.07) is 0. The minimum absolute atomic E-state index is 0.0731. The molecule has 2 aliphatic heterocycles. The van der Waals surface area contributed by atoms with Gasteiger partial charge in [-0.25, -0.2) is 0 Å². The van der Waals surface area contributed by atoms with Gasteiger partial charge in [-0.1, -0.05) is 0 Å². The van der Waals surface area contributed by atoms with E-state index in [1.165, 1.54) is 13.8 Å². The van der Waals surface area contributed by atoms with E-state index in [1.807, 2.05) is 6.92 Å². The van der Waals surface area contributed by atoms with Crippen molar-refractivity contribution in [1.82, 2.24) is 0 Å². The van der Waals surface area contributed by atoms with Gasteiger partial charge in [0.1, 0.15) is 11.2 Å². The molecule has 0 radical (unpaired) electrons. The average Bonchev–Trinajstić information content (AvgIpc) is 2.43. The smallest absolute Gasteiger partial charge is 0.229 e. The van der Waals surface area contributed by atoms with Gasteiger partial charge >= 0.3 is 0 Å². The Morgan fingerprint density at radius 3 is 1.83 bits per heavy atom. The van der Waals surface area contributed by atoms with Crippen LogP contribution < -0.4 is 0 Å². The van der Waals surface area contributed by atoms with Crippen molar-refractivity contribution in [2.75, 3.05) is 0 Å². The summed E-state index contributed by atoms with van der Waals surface area (Å²) in [5.41, 5.74) is -1.74. The van der Waals surface area contributed by atoms with Crippen molar-refractivity contribution in [3.63, 3.8) is 0 Å². The lowest BCUT2D eigenvalue weighted by Gasteiger charge is -2.29. The number of carbonyl (C=O) groups is 2. The molecule has 5 nitrogen and oxygen atoms in total. The van der Waals surface area contributed by atoms with E-state index in [9.17, 15) is 9.59 Å². The zero-order valence-corrected chi connectivity index (χ0v) is 11.7. The van der Waals surface area contributed by atoms with E-state index in [1.54, 1.807) is 20.8 Å². The Kier molecular flexibility index (Phi) is 2.58. The highest BCUT2D eigenvalue weighted by Gasteiger charge is 2.71. The number of Topliss-reactive ketones (excluding diaryl/α,β-unsaturated/α-hetero) is 2. The lowest BCUT2D eigenvalue weighted by atomic mass is 9.87. The normalized spacial score (nSPS) is 51.2. The predicted molar refractivity (Wildman–Crippen MR) is 62.9 cm³/mol. The van der Waals surface area contributed by atoms with Crippen molar-refractivity contribution < 1.29 is 23.8 Å². The third-order valence-electron chi connectivity index (χ3n) is 4.25. The van der Waals surface area contributed by atoms with Gasteiger partial charge in [0.25, 0.3) is 0 Å². The van der Waals surface area contributed by atoms with Crippen molar-refractivity contribution in [1.29, 1.82) is 0 Å². The topological polar surface area (TPSA) is 61.8 Å². The van der Waals surface area contributed by atoms with Crippen LogP contribution >= 0.6 is 0 Å². The molecule has 102 valence electrons. The highest BCUT2D eigenvalue weighted by Crippen LogP contribution is 2.56. The van der Waals surface area contributed by atoms with E-state index in [0.29, 0.717) is 6.42 Å². The molecule has 0 saturated carbocycles. The molecule has 5 heteroatoms. The third kappa shape index (κ3) is 1.57. The molecular formula is C13H20O5. The molecule has 2 heterocycles. The van der Waals surface area contributed by atoms with Gasteiger partial charge in [0, 0.05) is 13.3 Å². The van der Waals surface area contributed by atoms with E-state index in [0.717, 1.165) is 0 Å². The molecular weight excluding hydrogens is 236 g/mol. The lowest BCUT2D eigenvalue weighted by molar-refractivity contribution is -0.262. The van der Waals surface area contributed by atoms with Crippen molar-refractivity contribution in [2.45, 2.75) is 70.7 Å². The van der Waals surface area contributed by atoms with Crippen molar-refractivity contribution in [3.8, 4) is 0 Å². The quantitative estimate of drug-likeness (QED) is 0.750. The molecule has 0 bridgehead atoms. The summed E-state index contributed by atoms with van der Waals surface area (Å²) in [5.74, 6) is -2.68. The highest BCUT2D eigenvalue weighted by atomic mass is 16.9. The van der Waals surface area contributed by atoms with Gasteiger partial charge < -0.3 is 14.2 Å². The van der Waals surface area contributed by atoms with Gasteiger partial charge in [-0.2, -0.15) is 0 Å². The molecule has 4 atom stereocenters. The van der Waals surface area contributed by atoms with Crippen LogP contribution in [0.2, 0.25) is 0 Å². The summed E-state index contributed by atoms with van der Waals surface area (Å²) in [6.45, 7) is 9.74. The van der Waals surface area contributed by atoms with Crippen LogP contribution in [0, 0.1) is 0 Å². The lowest BCUT2D eigenvalue weighted by Crippen LogP contribution is -2.44. The Bertz CT molecular complexity index is 373. The standard InChI is InChI=1S/C13H20O5/c1-8(14)10(3)7-11(4)13(6,16-10)18-12(5,17-11)9(2)15/h7H2,1-6H3/t10-,11?,12-,13?/m1/s1. The largest absolute Gasteiger partial charge is 0.333 e. The van der Waals surface area contributed by atoms with Gasteiger partial charge in [0.15, 0.2) is 17.4 Å². The van der Waals surface area contributed by atoms with E-state index >= 15 is 0 Å². The molecule has 2 rings (SSSR count). The fourth-order valence-electron chi connectivity index (χ4n) is 2.80. The molecule has 2 aliphatic rings. The number of rotatable bonds is 2. The Morgan fingerprint density at radius 1 is 0.889 bits per heavy atom. The summed E-state index contributed by atoms with van der Waals surface area (Å²) >= 11 is 0. The van der Waals surface area contributed by atoms with Crippen LogP contribution in [-0.2, 0) is 23.8 Å². The van der Waals surface area contributed by atoms with Gasteiger partial charge in [-0.15, -0.1) is 0 Å². The second-order valence-corrected chi connectivity index (χ2v) is 5.95. The summed E-state index contributed by atoms with van der Waals surface area (Å²) in [7, 11) is 0. The first-order chi connectivity index (χ1) is 7.97. The van der Waals surface area contributed by atoms with Crippen LogP contribution in [0.5, 0.6) is 0 Å². The molecule has 0 aromatic carbocycles. The van der Waals surface area contributed by atoms with E-state index in [4.69, 9.17) is 14.2 Å². The molecule has 2 fully saturated rings. The molecule has 0 aromatic rings. The molecule has 2 unspecified atom stereocenters. The SMILES string of the molecule is CC(=O)[C@]1(C)OC2(C)C[C@](C)(C(C)=O)OC2(C)O1. The van der Waals surface area contributed by atoms with Crippen LogP contribution in [0.3, 0.4) is 0 Å². The first kappa shape index (κ1) is 13.6. The third-order valence-corrected chi connectivity index (χ3v) is 4.25.